The van der Waals surface area contributed by atoms with Gasteiger partial charge in [-0.15, -0.1) is 0 Å². The van der Waals surface area contributed by atoms with E-state index in [0.29, 0.717) is 29.3 Å². The first-order valence-electron chi connectivity index (χ1n) is 5.26. The largest absolute Gasteiger partial charge is 0.467 e. The van der Waals surface area contributed by atoms with Gasteiger partial charge >= 0.3 is 6.01 Å². The first-order valence-corrected chi connectivity index (χ1v) is 5.64. The lowest BCUT2D eigenvalue weighted by Gasteiger charge is -2.13. The van der Waals surface area contributed by atoms with Gasteiger partial charge in [-0.05, 0) is 18.8 Å². The van der Waals surface area contributed by atoms with Gasteiger partial charge in [-0.2, -0.15) is 4.98 Å². The molecule has 0 aliphatic heterocycles. The summed E-state index contributed by atoms with van der Waals surface area (Å²) in [5.41, 5.74) is 5.97. The van der Waals surface area contributed by atoms with Crippen molar-refractivity contribution in [3.8, 4) is 6.01 Å². The van der Waals surface area contributed by atoms with Crippen LogP contribution in [0, 0.1) is 5.92 Å². The van der Waals surface area contributed by atoms with E-state index < -0.39 is 0 Å². The van der Waals surface area contributed by atoms with Gasteiger partial charge in [0.25, 0.3) is 0 Å². The fraction of sp³-hybridized carbons (Fsp3) is 0.600. The molecule has 1 unspecified atom stereocenters. The molecule has 1 fully saturated rings. The number of anilines is 1. The van der Waals surface area contributed by atoms with Gasteiger partial charge in [0.2, 0.25) is 0 Å². The number of nitrogens with zero attached hydrogens (tertiary/aromatic N) is 2. The van der Waals surface area contributed by atoms with Crippen LogP contribution in [-0.4, -0.2) is 29.7 Å². The smallest absolute Gasteiger partial charge is 0.318 e. The number of nitrogens with two attached hydrogens (primary N) is 1. The Bertz CT molecular complexity index is 370. The van der Waals surface area contributed by atoms with E-state index >= 15 is 0 Å². The van der Waals surface area contributed by atoms with Crippen LogP contribution in [0.3, 0.4) is 0 Å². The number of nitrogens with one attached hydrogen (secondary N) is 1. The van der Waals surface area contributed by atoms with Gasteiger partial charge in [0.1, 0.15) is 5.02 Å². The lowest BCUT2D eigenvalue weighted by Crippen LogP contribution is -2.31. The van der Waals surface area contributed by atoms with Crippen molar-refractivity contribution in [2.45, 2.75) is 18.9 Å². The summed E-state index contributed by atoms with van der Waals surface area (Å²) in [6.07, 6.45) is 3.96. The summed E-state index contributed by atoms with van der Waals surface area (Å²) in [7, 11) is 1.52. The Kier molecular flexibility index (Phi) is 3.46. The number of aromatic nitrogens is 2. The second kappa shape index (κ2) is 4.84. The Labute approximate surface area is 99.4 Å². The van der Waals surface area contributed by atoms with Crippen LogP contribution in [0.15, 0.2) is 6.20 Å². The highest BCUT2D eigenvalue weighted by molar-refractivity contribution is 6.32. The van der Waals surface area contributed by atoms with Crippen molar-refractivity contribution in [2.24, 2.45) is 11.7 Å². The summed E-state index contributed by atoms with van der Waals surface area (Å²) < 4.78 is 4.92. The standard InChI is InChI=1S/C10H15ClN4O/c1-16-10-14-4-7(11)9(15-10)13-5-8(12)6-2-3-6/h4,6,8H,2-3,5,12H2,1H3,(H,13,14,15). The monoisotopic (exact) mass is 242 g/mol. The summed E-state index contributed by atoms with van der Waals surface area (Å²) in [6.45, 7) is 0.671. The Balaban J connectivity index is 1.96. The zero-order valence-electron chi connectivity index (χ0n) is 9.11. The molecule has 1 aliphatic rings. The number of hydrogen-bond donors (Lipinski definition) is 2. The maximum Gasteiger partial charge on any atom is 0.318 e. The lowest BCUT2D eigenvalue weighted by molar-refractivity contribution is 0.380. The Hall–Kier alpha value is -1.07. The minimum atomic E-state index is 0.164. The second-order valence-corrected chi connectivity index (χ2v) is 4.34. The average Bonchev–Trinajstić information content (AvgIpc) is 3.11. The number of halogens is 1. The first-order chi connectivity index (χ1) is 7.70. The van der Waals surface area contributed by atoms with Gasteiger partial charge in [0, 0.05) is 12.6 Å². The van der Waals surface area contributed by atoms with Crippen LogP contribution in [0.5, 0.6) is 6.01 Å². The van der Waals surface area contributed by atoms with E-state index in [1.54, 1.807) is 0 Å². The third-order valence-corrected chi connectivity index (χ3v) is 2.91. The van der Waals surface area contributed by atoms with Crippen LogP contribution in [0.1, 0.15) is 12.8 Å². The minimum absolute atomic E-state index is 0.164. The van der Waals surface area contributed by atoms with Crippen molar-refractivity contribution < 1.29 is 4.74 Å². The van der Waals surface area contributed by atoms with Crippen molar-refractivity contribution in [1.82, 2.24) is 9.97 Å². The first kappa shape index (κ1) is 11.4. The molecule has 1 aromatic heterocycles. The topological polar surface area (TPSA) is 73.1 Å². The number of rotatable bonds is 5. The molecule has 0 radical (unpaired) electrons. The molecule has 16 heavy (non-hydrogen) atoms. The zero-order valence-corrected chi connectivity index (χ0v) is 9.87. The van der Waals surface area contributed by atoms with Crippen LogP contribution in [0.25, 0.3) is 0 Å². The van der Waals surface area contributed by atoms with Gasteiger partial charge in [0.05, 0.1) is 13.3 Å². The number of ether oxygens (including phenoxy) is 1. The van der Waals surface area contributed by atoms with E-state index in [2.05, 4.69) is 15.3 Å². The van der Waals surface area contributed by atoms with Crippen LogP contribution in [0.2, 0.25) is 5.02 Å². The maximum absolute atomic E-state index is 5.97. The number of methoxy groups -OCH3 is 1. The van der Waals surface area contributed by atoms with Gasteiger partial charge in [0.15, 0.2) is 5.82 Å². The molecule has 0 saturated heterocycles. The molecule has 0 spiro atoms. The van der Waals surface area contributed by atoms with Gasteiger partial charge < -0.3 is 15.8 Å². The van der Waals surface area contributed by atoms with Crippen molar-refractivity contribution in [3.63, 3.8) is 0 Å². The molecular weight excluding hydrogens is 228 g/mol. The van der Waals surface area contributed by atoms with Gasteiger partial charge in [-0.25, -0.2) is 4.98 Å². The summed E-state index contributed by atoms with van der Waals surface area (Å²) in [5.74, 6) is 1.22. The lowest BCUT2D eigenvalue weighted by atomic mass is 10.2. The molecule has 5 nitrogen and oxygen atoms in total. The molecule has 88 valence electrons. The predicted octanol–water partition coefficient (Wildman–Crippen LogP) is 1.29. The normalized spacial score (nSPS) is 16.9. The van der Waals surface area contributed by atoms with E-state index in [1.807, 2.05) is 0 Å². The molecule has 1 saturated carbocycles. The summed E-state index contributed by atoms with van der Waals surface area (Å²) >= 11 is 5.95. The van der Waals surface area contributed by atoms with E-state index in [1.165, 1.54) is 26.1 Å². The highest BCUT2D eigenvalue weighted by Gasteiger charge is 2.28. The Morgan fingerprint density at radius 1 is 1.69 bits per heavy atom. The molecule has 3 N–H and O–H groups in total. The van der Waals surface area contributed by atoms with Crippen LogP contribution in [0.4, 0.5) is 5.82 Å². The summed E-state index contributed by atoms with van der Waals surface area (Å²) in [4.78, 5) is 8.01. The molecule has 0 bridgehead atoms. The van der Waals surface area contributed by atoms with E-state index in [4.69, 9.17) is 22.1 Å². The fourth-order valence-electron chi connectivity index (χ4n) is 1.48. The van der Waals surface area contributed by atoms with E-state index in [-0.39, 0.29) is 6.04 Å². The van der Waals surface area contributed by atoms with Crippen molar-refractivity contribution in [3.05, 3.63) is 11.2 Å². The summed E-state index contributed by atoms with van der Waals surface area (Å²) in [5, 5.41) is 3.60. The van der Waals surface area contributed by atoms with E-state index in [9.17, 15) is 0 Å². The predicted molar refractivity (Wildman–Crippen MR) is 62.8 cm³/mol. The van der Waals surface area contributed by atoms with Crippen molar-refractivity contribution in [2.75, 3.05) is 19.0 Å². The SMILES string of the molecule is COc1ncc(Cl)c(NCC(N)C2CC2)n1. The quantitative estimate of drug-likeness (QED) is 0.814. The Morgan fingerprint density at radius 2 is 2.44 bits per heavy atom. The Morgan fingerprint density at radius 3 is 3.06 bits per heavy atom. The molecule has 0 amide bonds. The van der Waals surface area contributed by atoms with Crippen LogP contribution >= 0.6 is 11.6 Å². The molecule has 6 heteroatoms. The van der Waals surface area contributed by atoms with Crippen molar-refractivity contribution >= 4 is 17.4 Å². The average molecular weight is 243 g/mol. The van der Waals surface area contributed by atoms with E-state index in [0.717, 1.165) is 0 Å². The van der Waals surface area contributed by atoms with Crippen LogP contribution in [-0.2, 0) is 0 Å². The van der Waals surface area contributed by atoms with Crippen molar-refractivity contribution in [1.29, 1.82) is 0 Å². The molecule has 1 aliphatic carbocycles. The van der Waals surface area contributed by atoms with Gasteiger partial charge in [-0.3, -0.25) is 0 Å². The molecule has 0 aromatic carbocycles. The summed E-state index contributed by atoms with van der Waals surface area (Å²) in [6, 6.07) is 0.462. The fourth-order valence-corrected chi connectivity index (χ4v) is 1.64. The minimum Gasteiger partial charge on any atom is -0.467 e. The highest BCUT2D eigenvalue weighted by Crippen LogP contribution is 2.31. The third-order valence-electron chi connectivity index (χ3n) is 2.64. The second-order valence-electron chi connectivity index (χ2n) is 3.94. The molecule has 2 rings (SSSR count). The van der Waals surface area contributed by atoms with Crippen LogP contribution < -0.4 is 15.8 Å². The third kappa shape index (κ3) is 2.74. The molecule has 1 aromatic rings. The maximum atomic E-state index is 5.97. The zero-order chi connectivity index (χ0) is 11.5. The molecule has 1 atom stereocenters. The van der Waals surface area contributed by atoms with Gasteiger partial charge in [-0.1, -0.05) is 11.6 Å². The molecular formula is C10H15ClN4O. The highest BCUT2D eigenvalue weighted by atomic mass is 35.5. The molecule has 1 heterocycles. The number of hydrogen-bond acceptors (Lipinski definition) is 5.